The molecule has 0 atom stereocenters. The number of hydrogen-bond acceptors (Lipinski definition) is 5. The van der Waals surface area contributed by atoms with Crippen molar-refractivity contribution in [3.8, 4) is 5.88 Å². The molecule has 0 aliphatic rings. The highest BCUT2D eigenvalue weighted by atomic mass is 32.2. The number of aromatic nitrogens is 1. The van der Waals surface area contributed by atoms with E-state index in [0.29, 0.717) is 22.6 Å². The van der Waals surface area contributed by atoms with Crippen LogP contribution in [0.5, 0.6) is 5.88 Å². The Morgan fingerprint density at radius 3 is 2.08 bits per heavy atom. The first-order chi connectivity index (χ1) is 19.3. The molecule has 0 radical (unpaired) electrons. The summed E-state index contributed by atoms with van der Waals surface area (Å²) in [6, 6.07) is 31.7. The zero-order chi connectivity index (χ0) is 28.3. The maximum atomic E-state index is 13.6. The van der Waals surface area contributed by atoms with Gasteiger partial charge in [-0.2, -0.15) is 0 Å². The van der Waals surface area contributed by atoms with E-state index in [-0.39, 0.29) is 23.2 Å². The number of hydrogen-bond donors (Lipinski definition) is 2. The second kappa shape index (κ2) is 11.1. The molecule has 0 spiro atoms. The van der Waals surface area contributed by atoms with Gasteiger partial charge in [0.05, 0.1) is 27.5 Å². The van der Waals surface area contributed by atoms with Crippen LogP contribution in [0.2, 0.25) is 0 Å². The number of aliphatic imine (C=N–C) groups is 1. The van der Waals surface area contributed by atoms with Crippen molar-refractivity contribution < 1.29 is 18.3 Å². The van der Waals surface area contributed by atoms with Crippen molar-refractivity contribution in [1.82, 2.24) is 9.88 Å². The van der Waals surface area contributed by atoms with E-state index in [4.69, 9.17) is 4.99 Å². The van der Waals surface area contributed by atoms with Gasteiger partial charge in [-0.05, 0) is 42.5 Å². The molecule has 202 valence electrons. The number of nitrogens with zero attached hydrogens (tertiary/aromatic N) is 3. The molecule has 4 aromatic carbocycles. The molecule has 40 heavy (non-hydrogen) atoms. The van der Waals surface area contributed by atoms with Crippen molar-refractivity contribution in [2.75, 3.05) is 24.9 Å². The summed E-state index contributed by atoms with van der Waals surface area (Å²) >= 11 is 0. The van der Waals surface area contributed by atoms with Crippen LogP contribution < -0.4 is 4.31 Å². The van der Waals surface area contributed by atoms with Crippen molar-refractivity contribution in [3.63, 3.8) is 0 Å². The van der Waals surface area contributed by atoms with Gasteiger partial charge in [-0.3, -0.25) is 9.10 Å². The first kappa shape index (κ1) is 26.7. The monoisotopic (exact) mass is 552 g/mol. The summed E-state index contributed by atoms with van der Waals surface area (Å²) in [6.07, 6.45) is 0. The van der Waals surface area contributed by atoms with Crippen molar-refractivity contribution in [2.45, 2.75) is 4.90 Å². The van der Waals surface area contributed by atoms with Gasteiger partial charge < -0.3 is 15.0 Å². The molecule has 0 aliphatic heterocycles. The number of likely N-dealkylation sites (N-methyl/N-ethyl adjacent to an activating group) is 1. The zero-order valence-electron chi connectivity index (χ0n) is 22.0. The number of nitrogens with one attached hydrogen (secondary N) is 1. The molecule has 0 saturated heterocycles. The topological polar surface area (TPSA) is 106 Å². The van der Waals surface area contributed by atoms with Crippen LogP contribution >= 0.6 is 0 Å². The quantitative estimate of drug-likeness (QED) is 0.254. The van der Waals surface area contributed by atoms with Crippen LogP contribution in [0.3, 0.4) is 0 Å². The number of H-pyrrole nitrogens is 1. The number of fused-ring (bicyclic) bond motifs is 1. The van der Waals surface area contributed by atoms with E-state index in [2.05, 4.69) is 4.98 Å². The molecule has 0 aliphatic carbocycles. The standard InChI is InChI=1S/C31H28N4O4S/c1-34(2)28(36)21-35(40(38,39)25-13-7-4-8-14-25)24-19-17-23(18-20-24)32-30(22-11-5-3-6-12-22)29-26-15-9-10-16-27(26)33-31(29)37/h3-20,33,37H,21H2,1-2H3. The Morgan fingerprint density at radius 2 is 1.43 bits per heavy atom. The van der Waals surface area contributed by atoms with E-state index < -0.39 is 10.0 Å². The molecule has 5 aromatic rings. The molecular formula is C31H28N4O4S. The van der Waals surface area contributed by atoms with E-state index in [1.54, 1.807) is 56.6 Å². The lowest BCUT2D eigenvalue weighted by Gasteiger charge is -2.25. The van der Waals surface area contributed by atoms with E-state index >= 15 is 0 Å². The molecule has 1 heterocycles. The van der Waals surface area contributed by atoms with E-state index in [1.807, 2.05) is 54.6 Å². The molecule has 0 bridgehead atoms. The number of rotatable bonds is 8. The Hall–Kier alpha value is -4.89. The summed E-state index contributed by atoms with van der Waals surface area (Å²) in [5, 5.41) is 11.7. The molecule has 0 saturated carbocycles. The summed E-state index contributed by atoms with van der Waals surface area (Å²) in [5.74, 6) is -0.356. The number of benzene rings is 4. The van der Waals surface area contributed by atoms with Gasteiger partial charge in [-0.1, -0.05) is 66.7 Å². The molecule has 8 nitrogen and oxygen atoms in total. The van der Waals surface area contributed by atoms with Gasteiger partial charge in [0.1, 0.15) is 6.54 Å². The van der Waals surface area contributed by atoms with Crippen molar-refractivity contribution in [2.24, 2.45) is 4.99 Å². The van der Waals surface area contributed by atoms with Crippen LogP contribution in [-0.2, 0) is 14.8 Å². The number of carbonyl (C=O) groups excluding carboxylic acids is 1. The normalized spacial score (nSPS) is 11.9. The number of aromatic amines is 1. The van der Waals surface area contributed by atoms with Gasteiger partial charge in [0, 0.05) is 30.6 Å². The van der Waals surface area contributed by atoms with Gasteiger partial charge in [0.15, 0.2) is 5.88 Å². The average molecular weight is 553 g/mol. The van der Waals surface area contributed by atoms with Gasteiger partial charge in [0.25, 0.3) is 10.0 Å². The number of para-hydroxylation sites is 1. The molecule has 0 unspecified atom stereocenters. The minimum atomic E-state index is -4.01. The van der Waals surface area contributed by atoms with Crippen LogP contribution in [0, 0.1) is 0 Å². The number of aromatic hydroxyl groups is 1. The lowest BCUT2D eigenvalue weighted by molar-refractivity contribution is -0.127. The zero-order valence-corrected chi connectivity index (χ0v) is 22.8. The molecule has 9 heteroatoms. The molecule has 0 fully saturated rings. The fraction of sp³-hybridized carbons (Fsp3) is 0.0968. The Bertz CT molecular complexity index is 1780. The number of sulfonamides is 1. The Balaban J connectivity index is 1.59. The number of carbonyl (C=O) groups is 1. The van der Waals surface area contributed by atoms with Crippen LogP contribution in [0.15, 0.2) is 119 Å². The summed E-state index contributed by atoms with van der Waals surface area (Å²) in [5.41, 5.74) is 3.57. The lowest BCUT2D eigenvalue weighted by atomic mass is 10.0. The first-order valence-corrected chi connectivity index (χ1v) is 14.0. The molecular weight excluding hydrogens is 524 g/mol. The Kier molecular flexibility index (Phi) is 7.39. The molecule has 1 aromatic heterocycles. The maximum Gasteiger partial charge on any atom is 0.264 e. The number of amides is 1. The summed E-state index contributed by atoms with van der Waals surface area (Å²) in [6.45, 7) is -0.356. The Morgan fingerprint density at radius 1 is 0.825 bits per heavy atom. The predicted molar refractivity (Wildman–Crippen MR) is 158 cm³/mol. The second-order valence-electron chi connectivity index (χ2n) is 9.35. The summed E-state index contributed by atoms with van der Waals surface area (Å²) in [4.78, 5) is 22.0. The van der Waals surface area contributed by atoms with Crippen molar-refractivity contribution in [1.29, 1.82) is 0 Å². The summed E-state index contributed by atoms with van der Waals surface area (Å²) < 4.78 is 28.2. The highest BCUT2D eigenvalue weighted by Gasteiger charge is 2.27. The van der Waals surface area contributed by atoms with E-state index in [1.165, 1.54) is 17.0 Å². The largest absolute Gasteiger partial charge is 0.494 e. The van der Waals surface area contributed by atoms with Crippen LogP contribution in [0.4, 0.5) is 11.4 Å². The third-order valence-corrected chi connectivity index (χ3v) is 8.25. The van der Waals surface area contributed by atoms with Gasteiger partial charge in [0.2, 0.25) is 5.91 Å². The SMILES string of the molecule is CN(C)C(=O)CN(c1ccc(N=C(c2ccccc2)c2c(O)[nH]c3ccccc23)cc1)S(=O)(=O)c1ccccc1. The summed E-state index contributed by atoms with van der Waals surface area (Å²) in [7, 11) is -0.850. The number of anilines is 1. The first-order valence-electron chi connectivity index (χ1n) is 12.6. The van der Waals surface area contributed by atoms with Crippen molar-refractivity contribution in [3.05, 3.63) is 120 Å². The molecule has 1 amide bonds. The van der Waals surface area contributed by atoms with Crippen LogP contribution in [-0.4, -0.2) is 55.7 Å². The fourth-order valence-corrected chi connectivity index (χ4v) is 5.79. The highest BCUT2D eigenvalue weighted by molar-refractivity contribution is 7.92. The third kappa shape index (κ3) is 5.32. The van der Waals surface area contributed by atoms with Crippen LogP contribution in [0.25, 0.3) is 10.9 Å². The van der Waals surface area contributed by atoms with Crippen LogP contribution in [0.1, 0.15) is 11.1 Å². The van der Waals surface area contributed by atoms with Gasteiger partial charge in [-0.15, -0.1) is 0 Å². The van der Waals surface area contributed by atoms with Gasteiger partial charge >= 0.3 is 0 Å². The predicted octanol–water partition coefficient (Wildman–Crippen LogP) is 5.33. The lowest BCUT2D eigenvalue weighted by Crippen LogP contribution is -2.40. The highest BCUT2D eigenvalue weighted by Crippen LogP contribution is 2.32. The van der Waals surface area contributed by atoms with Crippen molar-refractivity contribution >= 4 is 43.9 Å². The third-order valence-electron chi connectivity index (χ3n) is 6.46. The van der Waals surface area contributed by atoms with E-state index in [0.717, 1.165) is 20.8 Å². The fourth-order valence-electron chi connectivity index (χ4n) is 4.35. The van der Waals surface area contributed by atoms with E-state index in [9.17, 15) is 18.3 Å². The molecule has 5 rings (SSSR count). The average Bonchev–Trinajstić information content (AvgIpc) is 3.31. The minimum Gasteiger partial charge on any atom is -0.494 e. The maximum absolute atomic E-state index is 13.6. The molecule has 2 N–H and O–H groups in total. The second-order valence-corrected chi connectivity index (χ2v) is 11.2. The van der Waals surface area contributed by atoms with Gasteiger partial charge in [-0.25, -0.2) is 13.4 Å². The smallest absolute Gasteiger partial charge is 0.264 e. The Labute approximate surface area is 232 Å². The minimum absolute atomic E-state index is 0.00255.